The highest BCUT2D eigenvalue weighted by Crippen LogP contribution is 2.22. The molecule has 0 bridgehead atoms. The normalized spacial score (nSPS) is 10.6. The van der Waals surface area contributed by atoms with Crippen molar-refractivity contribution in [3.63, 3.8) is 0 Å². The van der Waals surface area contributed by atoms with E-state index in [0.717, 1.165) is 22.1 Å². The maximum atomic E-state index is 10.3. The van der Waals surface area contributed by atoms with Gasteiger partial charge in [0, 0.05) is 0 Å². The minimum absolute atomic E-state index is 0.245. The largest absolute Gasteiger partial charge is 0.497 e. The summed E-state index contributed by atoms with van der Waals surface area (Å²) in [4.78, 5) is 10.3. The van der Waals surface area contributed by atoms with Crippen molar-refractivity contribution < 1.29 is 19.4 Å². The molecular weight excluding hydrogens is 244 g/mol. The molecule has 19 heavy (non-hydrogen) atoms. The summed E-state index contributed by atoms with van der Waals surface area (Å²) in [7, 11) is 1.65. The molecule has 0 radical (unpaired) electrons. The molecule has 1 N–H and O–H groups in total. The van der Waals surface area contributed by atoms with E-state index >= 15 is 0 Å². The number of rotatable bonds is 6. The van der Waals surface area contributed by atoms with Crippen molar-refractivity contribution in [3.05, 3.63) is 42.0 Å². The van der Waals surface area contributed by atoms with Crippen LogP contribution in [0, 0.1) is 0 Å². The molecule has 0 saturated carbocycles. The van der Waals surface area contributed by atoms with Crippen LogP contribution in [0.3, 0.4) is 0 Å². The third kappa shape index (κ3) is 3.69. The van der Waals surface area contributed by atoms with Crippen LogP contribution in [0.5, 0.6) is 5.75 Å². The summed E-state index contributed by atoms with van der Waals surface area (Å²) in [5, 5.41) is 10.7. The van der Waals surface area contributed by atoms with Crippen LogP contribution >= 0.6 is 0 Å². The average molecular weight is 260 g/mol. The van der Waals surface area contributed by atoms with Crippen molar-refractivity contribution in [1.82, 2.24) is 0 Å². The second-order valence-electron chi connectivity index (χ2n) is 4.24. The molecular formula is C15H16O4. The minimum atomic E-state index is -0.939. The average Bonchev–Trinajstić information content (AvgIpc) is 2.42. The van der Waals surface area contributed by atoms with Crippen molar-refractivity contribution in [2.45, 2.75) is 6.42 Å². The number of methoxy groups -OCH3 is 1. The Bertz CT molecular complexity index is 577. The van der Waals surface area contributed by atoms with Gasteiger partial charge in [-0.25, -0.2) is 4.79 Å². The Kier molecular flexibility index (Phi) is 4.36. The zero-order valence-electron chi connectivity index (χ0n) is 10.8. The van der Waals surface area contributed by atoms with Crippen LogP contribution in [0.4, 0.5) is 0 Å². The highest BCUT2D eigenvalue weighted by molar-refractivity contribution is 5.84. The van der Waals surface area contributed by atoms with Crippen LogP contribution in [0.2, 0.25) is 0 Å². The molecule has 0 fully saturated rings. The van der Waals surface area contributed by atoms with Crippen LogP contribution in [-0.4, -0.2) is 31.4 Å². The van der Waals surface area contributed by atoms with E-state index in [1.54, 1.807) is 7.11 Å². The lowest BCUT2D eigenvalue weighted by Gasteiger charge is -2.06. The van der Waals surface area contributed by atoms with Gasteiger partial charge in [-0.15, -0.1) is 0 Å². The van der Waals surface area contributed by atoms with E-state index in [9.17, 15) is 4.79 Å². The molecule has 0 amide bonds. The van der Waals surface area contributed by atoms with Gasteiger partial charge in [0.25, 0.3) is 0 Å². The summed E-state index contributed by atoms with van der Waals surface area (Å²) in [5.41, 5.74) is 1.13. The molecule has 0 heterocycles. The molecule has 0 saturated heterocycles. The summed E-state index contributed by atoms with van der Waals surface area (Å²) >= 11 is 0. The first-order chi connectivity index (χ1) is 9.19. The third-order valence-corrected chi connectivity index (χ3v) is 2.87. The molecule has 100 valence electrons. The van der Waals surface area contributed by atoms with E-state index in [0.29, 0.717) is 13.0 Å². The van der Waals surface area contributed by atoms with Crippen molar-refractivity contribution in [2.75, 3.05) is 20.3 Å². The summed E-state index contributed by atoms with van der Waals surface area (Å²) in [5.74, 6) is -0.101. The minimum Gasteiger partial charge on any atom is -0.497 e. The van der Waals surface area contributed by atoms with Gasteiger partial charge in [0.15, 0.2) is 0 Å². The van der Waals surface area contributed by atoms with Crippen molar-refractivity contribution in [3.8, 4) is 5.75 Å². The third-order valence-electron chi connectivity index (χ3n) is 2.87. The van der Waals surface area contributed by atoms with E-state index < -0.39 is 5.97 Å². The smallest absolute Gasteiger partial charge is 0.329 e. The lowest BCUT2D eigenvalue weighted by atomic mass is 10.1. The molecule has 2 aromatic carbocycles. The molecule has 0 unspecified atom stereocenters. The molecule has 4 heteroatoms. The summed E-state index contributed by atoms with van der Waals surface area (Å²) in [6.07, 6.45) is 0.704. The lowest BCUT2D eigenvalue weighted by molar-refractivity contribution is -0.142. The van der Waals surface area contributed by atoms with E-state index in [1.165, 1.54) is 0 Å². The fourth-order valence-electron chi connectivity index (χ4n) is 1.91. The van der Waals surface area contributed by atoms with Crippen LogP contribution < -0.4 is 4.74 Å². The first kappa shape index (κ1) is 13.4. The number of hydrogen-bond acceptors (Lipinski definition) is 3. The molecule has 0 aliphatic heterocycles. The predicted octanol–water partition coefficient (Wildman–Crippen LogP) is 2.49. The molecule has 0 spiro atoms. The number of carboxylic acids is 1. The zero-order chi connectivity index (χ0) is 13.7. The van der Waals surface area contributed by atoms with Gasteiger partial charge in [0.1, 0.15) is 12.4 Å². The molecule has 0 aliphatic rings. The monoisotopic (exact) mass is 260 g/mol. The highest BCUT2D eigenvalue weighted by atomic mass is 16.5. The Labute approximate surface area is 111 Å². The number of aliphatic carboxylic acids is 1. The fourth-order valence-corrected chi connectivity index (χ4v) is 1.91. The van der Waals surface area contributed by atoms with Crippen molar-refractivity contribution >= 4 is 16.7 Å². The maximum absolute atomic E-state index is 10.3. The van der Waals surface area contributed by atoms with Crippen LogP contribution in [-0.2, 0) is 16.0 Å². The Hall–Kier alpha value is -2.07. The van der Waals surface area contributed by atoms with Gasteiger partial charge in [-0.1, -0.05) is 24.3 Å². The second kappa shape index (κ2) is 6.20. The Morgan fingerprint density at radius 2 is 1.89 bits per heavy atom. The first-order valence-corrected chi connectivity index (χ1v) is 6.05. The van der Waals surface area contributed by atoms with Gasteiger partial charge in [-0.2, -0.15) is 0 Å². The Morgan fingerprint density at radius 3 is 2.63 bits per heavy atom. The molecule has 2 rings (SSSR count). The SMILES string of the molecule is COc1ccc2cc(CCOCC(=O)O)ccc2c1. The van der Waals surface area contributed by atoms with Crippen LogP contribution in [0.25, 0.3) is 10.8 Å². The van der Waals surface area contributed by atoms with E-state index in [4.69, 9.17) is 14.6 Å². The van der Waals surface area contributed by atoms with Crippen molar-refractivity contribution in [2.24, 2.45) is 0 Å². The van der Waals surface area contributed by atoms with Crippen LogP contribution in [0.1, 0.15) is 5.56 Å². The molecule has 0 aliphatic carbocycles. The Balaban J connectivity index is 2.03. The highest BCUT2D eigenvalue weighted by Gasteiger charge is 2.00. The van der Waals surface area contributed by atoms with Gasteiger partial charge in [-0.05, 0) is 34.9 Å². The Morgan fingerprint density at radius 1 is 1.16 bits per heavy atom. The molecule has 2 aromatic rings. The summed E-state index contributed by atoms with van der Waals surface area (Å²) in [6.45, 7) is 0.165. The number of carboxylic acid groups (broad SMARTS) is 1. The molecule has 4 nitrogen and oxygen atoms in total. The topological polar surface area (TPSA) is 55.8 Å². The van der Waals surface area contributed by atoms with Gasteiger partial charge >= 0.3 is 5.97 Å². The number of ether oxygens (including phenoxy) is 2. The summed E-state index contributed by atoms with van der Waals surface area (Å²) in [6, 6.07) is 12.1. The first-order valence-electron chi connectivity index (χ1n) is 6.05. The predicted molar refractivity (Wildman–Crippen MR) is 72.7 cm³/mol. The van der Waals surface area contributed by atoms with E-state index in [1.807, 2.05) is 30.3 Å². The van der Waals surface area contributed by atoms with Crippen LogP contribution in [0.15, 0.2) is 36.4 Å². The van der Waals surface area contributed by atoms with Gasteiger partial charge in [-0.3, -0.25) is 0 Å². The molecule has 0 aromatic heterocycles. The fraction of sp³-hybridized carbons (Fsp3) is 0.267. The van der Waals surface area contributed by atoms with Gasteiger partial charge in [0.05, 0.1) is 13.7 Å². The number of benzene rings is 2. The van der Waals surface area contributed by atoms with E-state index in [2.05, 4.69) is 6.07 Å². The molecule has 0 atom stereocenters. The maximum Gasteiger partial charge on any atom is 0.329 e. The quantitative estimate of drug-likeness (QED) is 0.811. The zero-order valence-corrected chi connectivity index (χ0v) is 10.8. The standard InChI is InChI=1S/C15H16O4/c1-18-14-5-4-12-8-11(2-3-13(12)9-14)6-7-19-10-15(16)17/h2-5,8-9H,6-7,10H2,1H3,(H,16,17). The number of fused-ring (bicyclic) bond motifs is 1. The number of carbonyl (C=O) groups is 1. The number of hydrogen-bond donors (Lipinski definition) is 1. The van der Waals surface area contributed by atoms with Gasteiger partial charge < -0.3 is 14.6 Å². The van der Waals surface area contributed by atoms with Crippen molar-refractivity contribution in [1.29, 1.82) is 0 Å². The van der Waals surface area contributed by atoms with Gasteiger partial charge in [0.2, 0.25) is 0 Å². The second-order valence-corrected chi connectivity index (χ2v) is 4.24. The lowest BCUT2D eigenvalue weighted by Crippen LogP contribution is -2.08. The van der Waals surface area contributed by atoms with E-state index in [-0.39, 0.29) is 6.61 Å². The summed E-state index contributed by atoms with van der Waals surface area (Å²) < 4.78 is 10.2.